The first-order valence-corrected chi connectivity index (χ1v) is 15.1. The highest BCUT2D eigenvalue weighted by Gasteiger charge is 2.41. The zero-order valence-corrected chi connectivity index (χ0v) is 24.7. The van der Waals surface area contributed by atoms with E-state index in [-0.39, 0.29) is 11.1 Å². The van der Waals surface area contributed by atoms with Crippen LogP contribution in [0.3, 0.4) is 0 Å². The van der Waals surface area contributed by atoms with Crippen LogP contribution in [0, 0.1) is 40.5 Å². The predicted molar refractivity (Wildman–Crippen MR) is 159 cm³/mol. The summed E-state index contributed by atoms with van der Waals surface area (Å²) in [6, 6.07) is 12.8. The summed E-state index contributed by atoms with van der Waals surface area (Å²) >= 11 is 0. The molecule has 1 fully saturated rings. The van der Waals surface area contributed by atoms with Gasteiger partial charge in [-0.1, -0.05) is 50.8 Å². The first kappa shape index (κ1) is 32.1. The second-order valence-electron chi connectivity index (χ2n) is 11.6. The van der Waals surface area contributed by atoms with Gasteiger partial charge in [0.15, 0.2) is 0 Å². The molecule has 0 aliphatic heterocycles. The largest absolute Gasteiger partial charge is 0.432 e. The van der Waals surface area contributed by atoms with Gasteiger partial charge in [0.1, 0.15) is 40.7 Å². The van der Waals surface area contributed by atoms with Crippen LogP contribution in [0.4, 0.5) is 26.3 Å². The van der Waals surface area contributed by atoms with E-state index in [9.17, 15) is 22.0 Å². The van der Waals surface area contributed by atoms with Gasteiger partial charge in [0, 0.05) is 23.4 Å². The number of hydrogen-bond acceptors (Lipinski definition) is 3. The van der Waals surface area contributed by atoms with Crippen LogP contribution < -0.4 is 4.74 Å². The number of rotatable bonds is 10. The molecule has 1 aliphatic carbocycles. The summed E-state index contributed by atoms with van der Waals surface area (Å²) in [5.41, 5.74) is -0.503. The highest BCUT2D eigenvalue weighted by atomic mass is 19.3. The van der Waals surface area contributed by atoms with Crippen molar-refractivity contribution in [3.05, 3.63) is 107 Å². The Kier molecular flexibility index (Phi) is 9.81. The lowest BCUT2D eigenvalue weighted by atomic mass is 9.77. The van der Waals surface area contributed by atoms with Gasteiger partial charge in [0.25, 0.3) is 0 Å². The van der Waals surface area contributed by atoms with E-state index in [1.54, 1.807) is 6.07 Å². The number of ether oxygens (including phenoxy) is 1. The van der Waals surface area contributed by atoms with Crippen LogP contribution in [0.25, 0.3) is 22.4 Å². The number of halogens is 6. The lowest BCUT2D eigenvalue weighted by Crippen LogP contribution is -2.25. The molecule has 0 N–H and O–H groups in total. The molecule has 4 aromatic rings. The molecule has 1 saturated carbocycles. The summed E-state index contributed by atoms with van der Waals surface area (Å²) in [6.45, 7) is 2.22. The molecule has 1 heterocycles. The van der Waals surface area contributed by atoms with Crippen molar-refractivity contribution in [1.82, 2.24) is 4.98 Å². The first-order chi connectivity index (χ1) is 21.6. The van der Waals surface area contributed by atoms with E-state index in [0.717, 1.165) is 36.5 Å². The van der Waals surface area contributed by atoms with Crippen molar-refractivity contribution < 1.29 is 31.1 Å². The minimum atomic E-state index is -4.54. The minimum absolute atomic E-state index is 0.200. The molecule has 234 valence electrons. The molecule has 0 radical (unpaired) electrons. The molecule has 5 rings (SSSR count). The fourth-order valence-electron chi connectivity index (χ4n) is 6.05. The topological polar surface area (TPSA) is 45.9 Å². The van der Waals surface area contributed by atoms with Gasteiger partial charge in [-0.05, 0) is 85.0 Å². The molecule has 9 heteroatoms. The van der Waals surface area contributed by atoms with Gasteiger partial charge in [0.2, 0.25) is 0 Å². The lowest BCUT2D eigenvalue weighted by molar-refractivity contribution is -0.189. The molecule has 0 spiro atoms. The Bertz CT molecular complexity index is 1670. The maximum atomic E-state index is 15.2. The SMILES string of the molecule is CCCCCC1CCC(c2ccc(-c3ccc(-c4cc(F)c(C(F)(F)Oc5ccc(C#N)c(F)c5)c(F)c4)c(F)c3)nc2)CC1. The smallest absolute Gasteiger partial charge is 0.429 e. The van der Waals surface area contributed by atoms with Crippen molar-refractivity contribution >= 4 is 0 Å². The summed E-state index contributed by atoms with van der Waals surface area (Å²) in [5, 5.41) is 8.78. The zero-order chi connectivity index (χ0) is 32.1. The van der Waals surface area contributed by atoms with Crippen LogP contribution in [0.2, 0.25) is 0 Å². The maximum Gasteiger partial charge on any atom is 0.432 e. The normalized spacial score (nSPS) is 16.8. The van der Waals surface area contributed by atoms with Gasteiger partial charge in [-0.3, -0.25) is 4.98 Å². The minimum Gasteiger partial charge on any atom is -0.429 e. The van der Waals surface area contributed by atoms with Crippen molar-refractivity contribution in [2.75, 3.05) is 0 Å². The Hall–Kier alpha value is -4.32. The molecular weight excluding hydrogens is 590 g/mol. The van der Waals surface area contributed by atoms with Crippen molar-refractivity contribution in [2.24, 2.45) is 5.92 Å². The Morgan fingerprint density at radius 2 is 1.53 bits per heavy atom. The number of alkyl halides is 2. The predicted octanol–water partition coefficient (Wildman–Crippen LogP) is 10.8. The van der Waals surface area contributed by atoms with Crippen molar-refractivity contribution in [2.45, 2.75) is 70.3 Å². The Balaban J connectivity index is 1.29. The van der Waals surface area contributed by atoms with Crippen molar-refractivity contribution in [3.63, 3.8) is 0 Å². The highest BCUT2D eigenvalue weighted by molar-refractivity contribution is 5.70. The fraction of sp³-hybridized carbons (Fsp3) is 0.333. The number of hydrogen-bond donors (Lipinski definition) is 0. The van der Waals surface area contributed by atoms with E-state index < -0.39 is 46.3 Å². The van der Waals surface area contributed by atoms with Crippen LogP contribution >= 0.6 is 0 Å². The fourth-order valence-corrected chi connectivity index (χ4v) is 6.05. The van der Waals surface area contributed by atoms with E-state index in [4.69, 9.17) is 5.26 Å². The quantitative estimate of drug-likeness (QED) is 0.131. The molecule has 3 aromatic carbocycles. The number of benzene rings is 3. The molecule has 1 aliphatic rings. The van der Waals surface area contributed by atoms with Crippen LogP contribution in [0.5, 0.6) is 5.75 Å². The van der Waals surface area contributed by atoms with Gasteiger partial charge < -0.3 is 4.74 Å². The Labute approximate surface area is 258 Å². The number of aromatic nitrogens is 1. The van der Waals surface area contributed by atoms with Crippen LogP contribution in [-0.2, 0) is 6.11 Å². The zero-order valence-electron chi connectivity index (χ0n) is 24.7. The van der Waals surface area contributed by atoms with Gasteiger partial charge >= 0.3 is 6.11 Å². The Morgan fingerprint density at radius 3 is 2.13 bits per heavy atom. The van der Waals surface area contributed by atoms with Crippen LogP contribution in [-0.4, -0.2) is 4.98 Å². The second-order valence-corrected chi connectivity index (χ2v) is 11.6. The first-order valence-electron chi connectivity index (χ1n) is 15.1. The van der Waals surface area contributed by atoms with E-state index in [1.807, 2.05) is 18.3 Å². The average molecular weight is 623 g/mol. The molecule has 45 heavy (non-hydrogen) atoms. The Morgan fingerprint density at radius 1 is 0.822 bits per heavy atom. The molecule has 0 saturated heterocycles. The molecule has 3 nitrogen and oxygen atoms in total. The van der Waals surface area contributed by atoms with Crippen LogP contribution in [0.15, 0.2) is 66.9 Å². The molecule has 0 unspecified atom stereocenters. The van der Waals surface area contributed by atoms with Crippen molar-refractivity contribution in [1.29, 1.82) is 5.26 Å². The molecule has 0 amide bonds. The lowest BCUT2D eigenvalue weighted by Gasteiger charge is -2.28. The van der Waals surface area contributed by atoms with E-state index in [1.165, 1.54) is 56.7 Å². The molecular formula is C36H32F6N2O. The summed E-state index contributed by atoms with van der Waals surface area (Å²) in [7, 11) is 0. The standard InChI is InChI=1S/C36H32F6N2O/c1-2-3-4-5-22-6-8-23(9-7-22)26-12-15-34(44-21-26)24-11-14-29(31(38)16-24)27-17-32(39)35(33(40)18-27)36(41,42)45-28-13-10-25(20-43)30(37)19-28/h10-19,21-23H,2-9H2,1H3. The number of nitrogens with zero attached hydrogens (tertiary/aromatic N) is 2. The number of nitriles is 1. The molecule has 0 bridgehead atoms. The summed E-state index contributed by atoms with van der Waals surface area (Å²) in [6.07, 6.45) is 7.07. The third kappa shape index (κ3) is 7.33. The average Bonchev–Trinajstić information content (AvgIpc) is 3.01. The monoisotopic (exact) mass is 622 g/mol. The highest BCUT2D eigenvalue weighted by Crippen LogP contribution is 2.40. The van der Waals surface area contributed by atoms with Gasteiger partial charge in [0.05, 0.1) is 11.3 Å². The number of unbranched alkanes of at least 4 members (excludes halogenated alkanes) is 2. The van der Waals surface area contributed by atoms with E-state index >= 15 is 4.39 Å². The van der Waals surface area contributed by atoms with Crippen LogP contribution in [0.1, 0.15) is 80.9 Å². The summed E-state index contributed by atoms with van der Waals surface area (Å²) in [5.74, 6) is -4.81. The van der Waals surface area contributed by atoms with Gasteiger partial charge in [-0.15, -0.1) is 0 Å². The summed E-state index contributed by atoms with van der Waals surface area (Å²) < 4.78 is 92.8. The third-order valence-electron chi connectivity index (χ3n) is 8.54. The molecule has 1 aromatic heterocycles. The molecule has 0 atom stereocenters. The van der Waals surface area contributed by atoms with Gasteiger partial charge in [-0.2, -0.15) is 14.0 Å². The maximum absolute atomic E-state index is 15.2. The van der Waals surface area contributed by atoms with E-state index in [0.29, 0.717) is 35.4 Å². The third-order valence-corrected chi connectivity index (χ3v) is 8.54. The summed E-state index contributed by atoms with van der Waals surface area (Å²) in [4.78, 5) is 4.54. The van der Waals surface area contributed by atoms with Crippen molar-refractivity contribution in [3.8, 4) is 34.2 Å². The van der Waals surface area contributed by atoms with Gasteiger partial charge in [-0.25, -0.2) is 17.6 Å². The number of pyridine rings is 1. The van der Waals surface area contributed by atoms with E-state index in [2.05, 4.69) is 16.6 Å². The second kappa shape index (κ2) is 13.8.